The molecule has 0 aliphatic carbocycles. The average Bonchev–Trinajstić information content (AvgIpc) is 2.60. The monoisotopic (exact) mass is 344 g/mol. The van der Waals surface area contributed by atoms with Crippen LogP contribution in [0.3, 0.4) is 0 Å². The minimum Gasteiger partial charge on any atom is -0.395 e. The summed E-state index contributed by atoms with van der Waals surface area (Å²) < 4.78 is 0. The van der Waals surface area contributed by atoms with Crippen molar-refractivity contribution in [2.75, 3.05) is 13.2 Å². The number of carbonyl (C=O) groups is 2. The first-order valence-electron chi connectivity index (χ1n) is 7.33. The number of halogens is 1. The van der Waals surface area contributed by atoms with Crippen molar-refractivity contribution < 1.29 is 14.7 Å². The van der Waals surface area contributed by atoms with Gasteiger partial charge in [-0.25, -0.2) is 0 Å². The molecule has 0 fully saturated rings. The van der Waals surface area contributed by atoms with Crippen LogP contribution in [0.15, 0.2) is 60.3 Å². The first-order chi connectivity index (χ1) is 11.6. The Hall–Kier alpha value is -2.63. The molecule has 2 amide bonds. The van der Waals surface area contributed by atoms with Crippen LogP contribution in [-0.4, -0.2) is 30.1 Å². The Bertz CT molecular complexity index is 745. The van der Waals surface area contributed by atoms with Gasteiger partial charge in [0.05, 0.1) is 17.2 Å². The molecule has 6 heteroatoms. The van der Waals surface area contributed by atoms with E-state index in [-0.39, 0.29) is 24.4 Å². The summed E-state index contributed by atoms with van der Waals surface area (Å²) in [4.78, 5) is 24.6. The molecular formula is C18H17ClN2O3. The largest absolute Gasteiger partial charge is 0.395 e. The highest BCUT2D eigenvalue weighted by atomic mass is 35.5. The lowest BCUT2D eigenvalue weighted by Crippen LogP contribution is -2.36. The van der Waals surface area contributed by atoms with Gasteiger partial charge in [-0.05, 0) is 23.8 Å². The van der Waals surface area contributed by atoms with Gasteiger partial charge in [-0.1, -0.05) is 54.1 Å². The van der Waals surface area contributed by atoms with Gasteiger partial charge in [0.25, 0.3) is 11.8 Å². The fraction of sp³-hybridized carbons (Fsp3) is 0.111. The third kappa shape index (κ3) is 4.94. The lowest BCUT2D eigenvalue weighted by Gasteiger charge is -2.11. The smallest absolute Gasteiger partial charge is 0.267 e. The Morgan fingerprint density at radius 2 is 1.71 bits per heavy atom. The highest BCUT2D eigenvalue weighted by Crippen LogP contribution is 2.15. The standard InChI is InChI=1S/C18H17ClN2O3/c19-15-9-5-4-8-14(15)17(23)21-16(18(24)20-10-11-22)12-13-6-2-1-3-7-13/h1-9,12,22H,10-11H2,(H,20,24)(H,21,23)/b16-12+. The topological polar surface area (TPSA) is 78.4 Å². The lowest BCUT2D eigenvalue weighted by atomic mass is 10.1. The Kier molecular flexibility index (Phi) is 6.54. The molecule has 0 aliphatic heterocycles. The summed E-state index contributed by atoms with van der Waals surface area (Å²) in [6.07, 6.45) is 1.56. The molecule has 124 valence electrons. The minimum atomic E-state index is -0.492. The van der Waals surface area contributed by atoms with E-state index in [0.29, 0.717) is 5.02 Å². The van der Waals surface area contributed by atoms with Crippen LogP contribution >= 0.6 is 11.6 Å². The van der Waals surface area contributed by atoms with Crippen molar-refractivity contribution in [3.8, 4) is 0 Å². The van der Waals surface area contributed by atoms with Crippen molar-refractivity contribution >= 4 is 29.5 Å². The SMILES string of the molecule is O=C(NCCO)/C(=C\c1ccccc1)NC(=O)c1ccccc1Cl. The highest BCUT2D eigenvalue weighted by molar-refractivity contribution is 6.34. The van der Waals surface area contributed by atoms with Gasteiger partial charge >= 0.3 is 0 Å². The Labute approximate surface area is 145 Å². The van der Waals surface area contributed by atoms with Crippen LogP contribution in [-0.2, 0) is 4.79 Å². The van der Waals surface area contributed by atoms with Gasteiger partial charge in [-0.2, -0.15) is 0 Å². The van der Waals surface area contributed by atoms with E-state index in [1.165, 1.54) is 0 Å². The molecule has 0 atom stereocenters. The molecule has 5 nitrogen and oxygen atoms in total. The molecule has 3 N–H and O–H groups in total. The van der Waals surface area contributed by atoms with Crippen LogP contribution in [0.4, 0.5) is 0 Å². The van der Waals surface area contributed by atoms with Crippen LogP contribution in [0.5, 0.6) is 0 Å². The summed E-state index contributed by atoms with van der Waals surface area (Å²) in [5.74, 6) is -0.977. The zero-order valence-electron chi connectivity index (χ0n) is 12.8. The van der Waals surface area contributed by atoms with Gasteiger partial charge in [0.2, 0.25) is 0 Å². The molecule has 2 aromatic rings. The molecule has 0 aromatic heterocycles. The molecule has 0 aliphatic rings. The van der Waals surface area contributed by atoms with Crippen molar-refractivity contribution in [3.05, 3.63) is 76.4 Å². The van der Waals surface area contributed by atoms with Gasteiger partial charge < -0.3 is 15.7 Å². The predicted octanol–water partition coefficient (Wildman–Crippen LogP) is 2.22. The molecule has 24 heavy (non-hydrogen) atoms. The van der Waals surface area contributed by atoms with E-state index in [2.05, 4.69) is 10.6 Å². The third-order valence-corrected chi connectivity index (χ3v) is 3.45. The minimum absolute atomic E-state index is 0.0690. The quantitative estimate of drug-likeness (QED) is 0.703. The maximum atomic E-state index is 12.4. The summed E-state index contributed by atoms with van der Waals surface area (Å²) in [6, 6.07) is 15.7. The van der Waals surface area contributed by atoms with E-state index in [0.717, 1.165) is 5.56 Å². The summed E-state index contributed by atoms with van der Waals surface area (Å²) in [5, 5.41) is 14.2. The zero-order valence-corrected chi connectivity index (χ0v) is 13.6. The molecule has 0 saturated heterocycles. The van der Waals surface area contributed by atoms with Crippen LogP contribution in [0.25, 0.3) is 6.08 Å². The average molecular weight is 345 g/mol. The van der Waals surface area contributed by atoms with Crippen LogP contribution < -0.4 is 10.6 Å². The van der Waals surface area contributed by atoms with Gasteiger partial charge in [0.1, 0.15) is 5.70 Å². The van der Waals surface area contributed by atoms with Crippen molar-refractivity contribution in [1.82, 2.24) is 10.6 Å². The predicted molar refractivity (Wildman–Crippen MR) is 93.4 cm³/mol. The fourth-order valence-electron chi connectivity index (χ4n) is 1.97. The Balaban J connectivity index is 2.26. The summed E-state index contributed by atoms with van der Waals surface area (Å²) in [5.41, 5.74) is 1.10. The number of rotatable bonds is 6. The third-order valence-electron chi connectivity index (χ3n) is 3.12. The fourth-order valence-corrected chi connectivity index (χ4v) is 2.20. The highest BCUT2D eigenvalue weighted by Gasteiger charge is 2.16. The second kappa shape index (κ2) is 8.86. The van der Waals surface area contributed by atoms with E-state index in [4.69, 9.17) is 16.7 Å². The number of nitrogens with one attached hydrogen (secondary N) is 2. The molecule has 0 unspecified atom stereocenters. The van der Waals surface area contributed by atoms with Crippen LogP contribution in [0.2, 0.25) is 5.02 Å². The molecule has 0 radical (unpaired) electrons. The van der Waals surface area contributed by atoms with Crippen LogP contribution in [0, 0.1) is 0 Å². The molecule has 0 spiro atoms. The second-order valence-corrected chi connectivity index (χ2v) is 5.29. The molecule has 0 bridgehead atoms. The summed E-state index contributed by atoms with van der Waals surface area (Å²) in [6.45, 7) is -0.101. The molecule has 2 rings (SSSR count). The number of carbonyl (C=O) groups excluding carboxylic acids is 2. The maximum Gasteiger partial charge on any atom is 0.267 e. The number of amides is 2. The summed E-state index contributed by atoms with van der Waals surface area (Å²) in [7, 11) is 0. The molecule has 0 heterocycles. The van der Waals surface area contributed by atoms with Crippen molar-refractivity contribution in [1.29, 1.82) is 0 Å². The Morgan fingerprint density at radius 1 is 1.04 bits per heavy atom. The van der Waals surface area contributed by atoms with Crippen molar-refractivity contribution in [2.45, 2.75) is 0 Å². The number of hydrogen-bond acceptors (Lipinski definition) is 3. The molecule has 0 saturated carbocycles. The van der Waals surface area contributed by atoms with Gasteiger partial charge in [-0.15, -0.1) is 0 Å². The van der Waals surface area contributed by atoms with E-state index >= 15 is 0 Å². The number of hydrogen-bond donors (Lipinski definition) is 3. The zero-order chi connectivity index (χ0) is 17.4. The Morgan fingerprint density at radius 3 is 2.38 bits per heavy atom. The van der Waals surface area contributed by atoms with Crippen LogP contribution in [0.1, 0.15) is 15.9 Å². The van der Waals surface area contributed by atoms with Gasteiger partial charge in [0, 0.05) is 6.54 Å². The maximum absolute atomic E-state index is 12.4. The second-order valence-electron chi connectivity index (χ2n) is 4.88. The van der Waals surface area contributed by atoms with Gasteiger partial charge in [0.15, 0.2) is 0 Å². The van der Waals surface area contributed by atoms with E-state index < -0.39 is 11.8 Å². The normalized spacial score (nSPS) is 11.0. The summed E-state index contributed by atoms with van der Waals surface area (Å²) >= 11 is 6.01. The van der Waals surface area contributed by atoms with Gasteiger partial charge in [-0.3, -0.25) is 9.59 Å². The number of aliphatic hydroxyl groups excluding tert-OH is 1. The lowest BCUT2D eigenvalue weighted by molar-refractivity contribution is -0.117. The van der Waals surface area contributed by atoms with Crippen molar-refractivity contribution in [3.63, 3.8) is 0 Å². The first-order valence-corrected chi connectivity index (χ1v) is 7.71. The molecule has 2 aromatic carbocycles. The van der Waals surface area contributed by atoms with E-state index in [1.807, 2.05) is 18.2 Å². The number of aliphatic hydroxyl groups is 1. The van der Waals surface area contributed by atoms with Crippen molar-refractivity contribution in [2.24, 2.45) is 0 Å². The number of benzene rings is 2. The van der Waals surface area contributed by atoms with E-state index in [1.54, 1.807) is 42.5 Å². The first kappa shape index (κ1) is 17.7. The molecular weight excluding hydrogens is 328 g/mol. The van der Waals surface area contributed by atoms with E-state index in [9.17, 15) is 9.59 Å².